The highest BCUT2D eigenvalue weighted by Gasteiger charge is 2.58. The molecule has 46 heavy (non-hydrogen) atoms. The molecule has 0 unspecified atom stereocenters. The molecule has 3 aromatic rings. The van der Waals surface area contributed by atoms with Gasteiger partial charge in [0, 0.05) is 31.0 Å². The van der Waals surface area contributed by atoms with Gasteiger partial charge < -0.3 is 24.8 Å². The number of nitrogens with zero attached hydrogens (tertiary/aromatic N) is 1. The molecule has 3 aromatic carbocycles. The first kappa shape index (κ1) is 31.7. The van der Waals surface area contributed by atoms with Crippen molar-refractivity contribution in [3.05, 3.63) is 118 Å². The van der Waals surface area contributed by atoms with Crippen molar-refractivity contribution in [3.8, 4) is 0 Å². The van der Waals surface area contributed by atoms with Crippen LogP contribution in [0.25, 0.3) is 0 Å². The Kier molecular flexibility index (Phi) is 9.68. The summed E-state index contributed by atoms with van der Waals surface area (Å²) in [6.45, 7) is 10.2. The van der Waals surface area contributed by atoms with Crippen LogP contribution in [-0.4, -0.2) is 61.4 Å². The van der Waals surface area contributed by atoms with Gasteiger partial charge in [-0.2, -0.15) is 0 Å². The summed E-state index contributed by atoms with van der Waals surface area (Å²) in [6.07, 6.45) is 4.64. The maximum absolute atomic E-state index is 14.2. The molecule has 0 radical (unpaired) electrons. The van der Waals surface area contributed by atoms with Crippen LogP contribution in [0.2, 0.25) is 0 Å². The fourth-order valence-electron chi connectivity index (χ4n) is 6.75. The van der Waals surface area contributed by atoms with Crippen LogP contribution in [0.5, 0.6) is 0 Å². The van der Waals surface area contributed by atoms with Crippen molar-refractivity contribution >= 4 is 23.3 Å². The summed E-state index contributed by atoms with van der Waals surface area (Å²) >= 11 is 0. The Labute approximate surface area is 271 Å². The van der Waals surface area contributed by atoms with Crippen LogP contribution in [0, 0.1) is 0 Å². The van der Waals surface area contributed by atoms with E-state index in [2.05, 4.69) is 53.6 Å². The standard InChI is InChI=1S/C38H43N3O5/c1-4-27-11-10-12-28(5-2)34(27)40-36(42)32-31-19-20-38(46-31,33(32)37(43)45-6-3)35(39-30-13-8-7-9-14-30)29-17-15-26(16-18-29)25-41-21-23-44-24-22-41/h7-20,31,35,39H,4-6,21-25H2,1-3H3,(H,40,42)/t31-,35-,38+/m0/s1. The molecule has 8 heteroatoms. The Balaban J connectivity index is 1.41. The maximum atomic E-state index is 14.2. The smallest absolute Gasteiger partial charge is 0.337 e. The van der Waals surface area contributed by atoms with Gasteiger partial charge in [0.15, 0.2) is 0 Å². The van der Waals surface area contributed by atoms with Gasteiger partial charge >= 0.3 is 5.97 Å². The molecule has 2 N–H and O–H groups in total. The second-order valence-electron chi connectivity index (χ2n) is 11.9. The number of hydrogen-bond acceptors (Lipinski definition) is 7. The molecular formula is C38H43N3O5. The van der Waals surface area contributed by atoms with Crippen LogP contribution < -0.4 is 10.6 Å². The van der Waals surface area contributed by atoms with Gasteiger partial charge in [0.05, 0.1) is 37.0 Å². The largest absolute Gasteiger partial charge is 0.463 e. The minimum absolute atomic E-state index is 0.174. The molecule has 0 aliphatic carbocycles. The number of nitrogens with one attached hydrogen (secondary N) is 2. The van der Waals surface area contributed by atoms with E-state index in [1.54, 1.807) is 6.92 Å². The molecule has 3 aliphatic rings. The quantitative estimate of drug-likeness (QED) is 0.189. The molecule has 1 fully saturated rings. The Morgan fingerprint density at radius 1 is 0.935 bits per heavy atom. The third-order valence-corrected chi connectivity index (χ3v) is 9.08. The van der Waals surface area contributed by atoms with Crippen LogP contribution >= 0.6 is 0 Å². The SMILES string of the molecule is CCOC(=O)C1=C(C(=O)Nc2c(CC)cccc2CC)[C@@H]2C=C[C@@]1([C@@H](Nc1ccccc1)c1ccc(CN3CCOCC3)cc1)O2. The third-order valence-electron chi connectivity index (χ3n) is 9.08. The van der Waals surface area contributed by atoms with Gasteiger partial charge in [0.2, 0.25) is 0 Å². The van der Waals surface area contributed by atoms with Crippen molar-refractivity contribution in [2.45, 2.75) is 57.9 Å². The second-order valence-corrected chi connectivity index (χ2v) is 11.9. The van der Waals surface area contributed by atoms with Gasteiger partial charge in [0.1, 0.15) is 11.7 Å². The molecule has 0 saturated carbocycles. The van der Waals surface area contributed by atoms with Crippen molar-refractivity contribution in [2.75, 3.05) is 43.5 Å². The number of carbonyl (C=O) groups is 2. The minimum atomic E-state index is -1.27. The molecule has 1 saturated heterocycles. The number of aryl methyl sites for hydroxylation is 2. The lowest BCUT2D eigenvalue weighted by Crippen LogP contribution is -2.42. The van der Waals surface area contributed by atoms with Gasteiger partial charge in [0.25, 0.3) is 5.91 Å². The van der Waals surface area contributed by atoms with E-state index in [-0.39, 0.29) is 23.7 Å². The van der Waals surface area contributed by atoms with Gasteiger partial charge in [-0.3, -0.25) is 9.69 Å². The highest BCUT2D eigenvalue weighted by molar-refractivity contribution is 6.13. The van der Waals surface area contributed by atoms with Gasteiger partial charge in [-0.05, 0) is 60.2 Å². The molecule has 3 heterocycles. The van der Waals surface area contributed by atoms with Gasteiger partial charge in [-0.1, -0.05) is 80.6 Å². The monoisotopic (exact) mass is 621 g/mol. The third kappa shape index (κ3) is 6.25. The zero-order valence-corrected chi connectivity index (χ0v) is 26.9. The minimum Gasteiger partial charge on any atom is -0.463 e. The number of esters is 1. The van der Waals surface area contributed by atoms with Crippen molar-refractivity contribution in [1.29, 1.82) is 0 Å². The van der Waals surface area contributed by atoms with Crippen LogP contribution in [-0.2, 0) is 43.2 Å². The Bertz CT molecular complexity index is 1590. The number of hydrogen-bond donors (Lipinski definition) is 2. The highest BCUT2D eigenvalue weighted by atomic mass is 16.5. The van der Waals surface area contributed by atoms with Crippen molar-refractivity contribution in [3.63, 3.8) is 0 Å². The number of rotatable bonds is 12. The lowest BCUT2D eigenvalue weighted by Gasteiger charge is -2.36. The lowest BCUT2D eigenvalue weighted by atomic mass is 9.78. The van der Waals surface area contributed by atoms with E-state index >= 15 is 0 Å². The van der Waals surface area contributed by atoms with E-state index in [4.69, 9.17) is 14.2 Å². The molecule has 3 atom stereocenters. The molecule has 1 amide bonds. The first-order valence-corrected chi connectivity index (χ1v) is 16.4. The average molecular weight is 622 g/mol. The van der Waals surface area contributed by atoms with Crippen LogP contribution in [0.1, 0.15) is 49.1 Å². The summed E-state index contributed by atoms with van der Waals surface area (Å²) in [5, 5.41) is 6.83. The molecule has 3 aliphatic heterocycles. The summed E-state index contributed by atoms with van der Waals surface area (Å²) in [5.74, 6) is -0.906. The highest BCUT2D eigenvalue weighted by Crippen LogP contribution is 2.51. The number of morpholine rings is 1. The topological polar surface area (TPSA) is 89.1 Å². The van der Waals surface area contributed by atoms with Crippen LogP contribution in [0.4, 0.5) is 11.4 Å². The summed E-state index contributed by atoms with van der Waals surface area (Å²) < 4.78 is 17.9. The zero-order chi connectivity index (χ0) is 32.1. The van der Waals surface area contributed by atoms with E-state index in [1.807, 2.05) is 60.7 Å². The van der Waals surface area contributed by atoms with Crippen molar-refractivity contribution in [2.24, 2.45) is 0 Å². The number of anilines is 2. The molecule has 8 nitrogen and oxygen atoms in total. The molecule has 0 aromatic heterocycles. The number of fused-ring (bicyclic) bond motifs is 2. The van der Waals surface area contributed by atoms with Crippen molar-refractivity contribution < 1.29 is 23.8 Å². The zero-order valence-electron chi connectivity index (χ0n) is 26.9. The maximum Gasteiger partial charge on any atom is 0.337 e. The number of para-hydroxylation sites is 2. The number of amides is 1. The first-order valence-electron chi connectivity index (χ1n) is 16.4. The van der Waals surface area contributed by atoms with E-state index in [0.717, 1.165) is 73.8 Å². The second kappa shape index (κ2) is 14.0. The number of carbonyl (C=O) groups excluding carboxylic acids is 2. The molecule has 6 rings (SSSR count). The Morgan fingerprint density at radius 3 is 2.28 bits per heavy atom. The van der Waals surface area contributed by atoms with E-state index in [0.29, 0.717) is 0 Å². The lowest BCUT2D eigenvalue weighted by molar-refractivity contribution is -0.140. The van der Waals surface area contributed by atoms with E-state index in [9.17, 15) is 9.59 Å². The van der Waals surface area contributed by atoms with Crippen LogP contribution in [0.3, 0.4) is 0 Å². The summed E-state index contributed by atoms with van der Waals surface area (Å²) in [6, 6.07) is 23.8. The molecular weight excluding hydrogens is 578 g/mol. The normalized spacial score (nSPS) is 21.3. The summed E-state index contributed by atoms with van der Waals surface area (Å²) in [4.78, 5) is 30.5. The molecule has 0 spiro atoms. The van der Waals surface area contributed by atoms with E-state index in [1.165, 1.54) is 5.56 Å². The number of ether oxygens (including phenoxy) is 3. The van der Waals surface area contributed by atoms with Crippen molar-refractivity contribution in [1.82, 2.24) is 4.90 Å². The molecule has 2 bridgehead atoms. The number of benzene rings is 3. The Morgan fingerprint density at radius 2 is 1.63 bits per heavy atom. The fourth-order valence-corrected chi connectivity index (χ4v) is 6.75. The van der Waals surface area contributed by atoms with E-state index < -0.39 is 23.7 Å². The van der Waals surface area contributed by atoms with Gasteiger partial charge in [-0.15, -0.1) is 0 Å². The molecule has 240 valence electrons. The average Bonchev–Trinajstić information content (AvgIpc) is 3.67. The van der Waals surface area contributed by atoms with Gasteiger partial charge in [-0.25, -0.2) is 4.79 Å². The van der Waals surface area contributed by atoms with Crippen LogP contribution in [0.15, 0.2) is 96.1 Å². The predicted octanol–water partition coefficient (Wildman–Crippen LogP) is 6.00. The summed E-state index contributed by atoms with van der Waals surface area (Å²) in [7, 11) is 0. The Hall–Kier alpha value is -4.24. The predicted molar refractivity (Wildman–Crippen MR) is 180 cm³/mol. The summed E-state index contributed by atoms with van der Waals surface area (Å²) in [5.41, 5.74) is 5.11. The first-order chi connectivity index (χ1) is 22.5. The fraction of sp³-hybridized carbons (Fsp3) is 0.368.